The molecule has 1 aliphatic rings. The van der Waals surface area contributed by atoms with E-state index in [1.807, 2.05) is 29.8 Å². The van der Waals surface area contributed by atoms with E-state index in [1.54, 1.807) is 18.7 Å². The predicted molar refractivity (Wildman–Crippen MR) is 110 cm³/mol. The summed E-state index contributed by atoms with van der Waals surface area (Å²) in [5.74, 6) is 3.10. The van der Waals surface area contributed by atoms with E-state index in [9.17, 15) is 5.11 Å². The molecule has 3 aromatic heterocycles. The van der Waals surface area contributed by atoms with Crippen LogP contribution in [0.4, 0.5) is 11.6 Å². The van der Waals surface area contributed by atoms with E-state index in [1.165, 1.54) is 0 Å². The third-order valence-electron chi connectivity index (χ3n) is 5.10. The summed E-state index contributed by atoms with van der Waals surface area (Å²) >= 11 is 0. The van der Waals surface area contributed by atoms with Gasteiger partial charge in [-0.1, -0.05) is 0 Å². The summed E-state index contributed by atoms with van der Waals surface area (Å²) in [6.07, 6.45) is 7.68. The van der Waals surface area contributed by atoms with Crippen molar-refractivity contribution in [3.05, 3.63) is 48.6 Å². The number of piperazine rings is 1. The Kier molecular flexibility index (Phi) is 5.39. The van der Waals surface area contributed by atoms with Crippen molar-refractivity contribution >= 4 is 11.6 Å². The molecule has 4 rings (SSSR count). The van der Waals surface area contributed by atoms with Gasteiger partial charge in [0, 0.05) is 50.2 Å². The molecule has 1 aliphatic heterocycles. The van der Waals surface area contributed by atoms with Crippen molar-refractivity contribution in [1.82, 2.24) is 29.5 Å². The van der Waals surface area contributed by atoms with E-state index in [4.69, 9.17) is 4.98 Å². The van der Waals surface area contributed by atoms with Crippen LogP contribution < -0.4 is 9.80 Å². The number of aliphatic hydroxyl groups is 1. The van der Waals surface area contributed by atoms with Crippen LogP contribution in [0, 0.1) is 6.92 Å². The van der Waals surface area contributed by atoms with Crippen LogP contribution >= 0.6 is 0 Å². The molecule has 29 heavy (non-hydrogen) atoms. The zero-order valence-electron chi connectivity index (χ0n) is 17.0. The van der Waals surface area contributed by atoms with Crippen molar-refractivity contribution in [2.24, 2.45) is 0 Å². The van der Waals surface area contributed by atoms with Gasteiger partial charge in [-0.05, 0) is 32.9 Å². The van der Waals surface area contributed by atoms with E-state index < -0.39 is 0 Å². The number of nitrogens with zero attached hydrogens (tertiary/aromatic N) is 8. The fourth-order valence-electron chi connectivity index (χ4n) is 3.88. The average Bonchev–Trinajstić information content (AvgIpc) is 3.15. The van der Waals surface area contributed by atoms with Gasteiger partial charge < -0.3 is 14.9 Å². The first-order valence-electron chi connectivity index (χ1n) is 9.85. The van der Waals surface area contributed by atoms with Crippen LogP contribution in [0.15, 0.2) is 37.1 Å². The summed E-state index contributed by atoms with van der Waals surface area (Å²) in [6, 6.07) is 4.37. The number of anilines is 2. The zero-order chi connectivity index (χ0) is 20.4. The molecule has 2 atom stereocenters. The van der Waals surface area contributed by atoms with Crippen LogP contribution in [0.5, 0.6) is 0 Å². The van der Waals surface area contributed by atoms with Crippen LogP contribution in [0.2, 0.25) is 0 Å². The molecule has 0 radical (unpaired) electrons. The lowest BCUT2D eigenvalue weighted by Crippen LogP contribution is -2.57. The van der Waals surface area contributed by atoms with Gasteiger partial charge in [0.1, 0.15) is 23.8 Å². The number of aromatic nitrogens is 6. The molecule has 3 aromatic rings. The Balaban J connectivity index is 1.54. The molecular formula is C20H26N8O. The Morgan fingerprint density at radius 1 is 1.00 bits per heavy atom. The summed E-state index contributed by atoms with van der Waals surface area (Å²) in [6.45, 7) is 8.03. The van der Waals surface area contributed by atoms with E-state index in [0.717, 1.165) is 30.4 Å². The van der Waals surface area contributed by atoms with Crippen molar-refractivity contribution in [3.63, 3.8) is 0 Å². The maximum atomic E-state index is 9.17. The number of hydrogen-bond acceptors (Lipinski definition) is 8. The maximum absolute atomic E-state index is 9.17. The van der Waals surface area contributed by atoms with Gasteiger partial charge in [-0.3, -0.25) is 4.57 Å². The molecular weight excluding hydrogens is 368 g/mol. The normalized spacial score (nSPS) is 19.6. The van der Waals surface area contributed by atoms with Gasteiger partial charge >= 0.3 is 0 Å². The molecule has 4 heterocycles. The number of aryl methyl sites for hydroxylation is 1. The number of rotatable bonds is 5. The minimum absolute atomic E-state index is 0.0504. The van der Waals surface area contributed by atoms with E-state index in [0.29, 0.717) is 18.2 Å². The Morgan fingerprint density at radius 2 is 1.72 bits per heavy atom. The highest BCUT2D eigenvalue weighted by molar-refractivity contribution is 5.48. The second-order valence-electron chi connectivity index (χ2n) is 7.45. The first-order chi connectivity index (χ1) is 14.0. The predicted octanol–water partition coefficient (Wildman–Crippen LogP) is 1.40. The Hall–Kier alpha value is -3.07. The minimum Gasteiger partial charge on any atom is -0.396 e. The Labute approximate surface area is 170 Å². The van der Waals surface area contributed by atoms with Gasteiger partial charge in [0.25, 0.3) is 0 Å². The highest BCUT2D eigenvalue weighted by atomic mass is 16.3. The second kappa shape index (κ2) is 8.12. The van der Waals surface area contributed by atoms with Crippen molar-refractivity contribution in [2.75, 3.05) is 29.5 Å². The molecule has 0 aliphatic carbocycles. The fourth-order valence-corrected chi connectivity index (χ4v) is 3.88. The standard InChI is InChI=1S/C20H26N8O/c1-14-10-27(13-23-14)20-22-8-4-18(25-20)26-11-15(2)28(16(3)12-26)19-5-7-21-17(24-19)6-9-29/h4-5,7-8,10,13,15-16,29H,6,9,11-12H2,1-3H3/t15-,16+. The number of imidazole rings is 1. The molecule has 1 fully saturated rings. The number of aliphatic hydroxyl groups excluding tert-OH is 1. The summed E-state index contributed by atoms with van der Waals surface area (Å²) in [4.78, 5) is 26.9. The molecule has 0 amide bonds. The SMILES string of the molecule is Cc1cn(-c2nccc(N3C[C@@H](C)N(c4ccnc(CCO)n4)[C@@H](C)C3)n2)cn1. The first-order valence-corrected chi connectivity index (χ1v) is 9.85. The highest BCUT2D eigenvalue weighted by Crippen LogP contribution is 2.25. The second-order valence-corrected chi connectivity index (χ2v) is 7.45. The monoisotopic (exact) mass is 394 g/mol. The molecule has 0 saturated carbocycles. The topological polar surface area (TPSA) is 96.1 Å². The van der Waals surface area contributed by atoms with Crippen LogP contribution in [-0.4, -0.2) is 66.4 Å². The quantitative estimate of drug-likeness (QED) is 0.694. The molecule has 0 spiro atoms. The van der Waals surface area contributed by atoms with Crippen LogP contribution in [0.1, 0.15) is 25.4 Å². The van der Waals surface area contributed by atoms with E-state index in [-0.39, 0.29) is 18.7 Å². The third-order valence-corrected chi connectivity index (χ3v) is 5.10. The lowest BCUT2D eigenvalue weighted by atomic mass is 10.1. The molecule has 0 aromatic carbocycles. The van der Waals surface area contributed by atoms with Crippen molar-refractivity contribution < 1.29 is 5.11 Å². The van der Waals surface area contributed by atoms with Gasteiger partial charge in [0.2, 0.25) is 5.95 Å². The number of hydrogen-bond donors (Lipinski definition) is 1. The first kappa shape index (κ1) is 19.3. The lowest BCUT2D eigenvalue weighted by Gasteiger charge is -2.45. The van der Waals surface area contributed by atoms with Crippen molar-refractivity contribution in [3.8, 4) is 5.95 Å². The maximum Gasteiger partial charge on any atom is 0.236 e. The van der Waals surface area contributed by atoms with Gasteiger partial charge in [-0.25, -0.2) is 19.9 Å². The molecule has 0 unspecified atom stereocenters. The lowest BCUT2D eigenvalue weighted by molar-refractivity contribution is 0.296. The van der Waals surface area contributed by atoms with Gasteiger partial charge in [-0.2, -0.15) is 4.98 Å². The smallest absolute Gasteiger partial charge is 0.236 e. The molecule has 1 N–H and O–H groups in total. The third kappa shape index (κ3) is 4.04. The van der Waals surface area contributed by atoms with Crippen molar-refractivity contribution in [2.45, 2.75) is 39.3 Å². The summed E-state index contributed by atoms with van der Waals surface area (Å²) in [7, 11) is 0. The molecule has 152 valence electrons. The average molecular weight is 394 g/mol. The van der Waals surface area contributed by atoms with E-state index >= 15 is 0 Å². The molecule has 9 nitrogen and oxygen atoms in total. The fraction of sp³-hybridized carbons (Fsp3) is 0.450. The summed E-state index contributed by atoms with van der Waals surface area (Å²) < 4.78 is 1.84. The summed E-state index contributed by atoms with van der Waals surface area (Å²) in [5.41, 5.74) is 0.931. The zero-order valence-corrected chi connectivity index (χ0v) is 17.0. The molecule has 9 heteroatoms. The van der Waals surface area contributed by atoms with Crippen LogP contribution in [-0.2, 0) is 6.42 Å². The Morgan fingerprint density at radius 3 is 2.41 bits per heavy atom. The van der Waals surface area contributed by atoms with Gasteiger partial charge in [0.15, 0.2) is 0 Å². The van der Waals surface area contributed by atoms with Crippen molar-refractivity contribution in [1.29, 1.82) is 0 Å². The molecule has 0 bridgehead atoms. The largest absolute Gasteiger partial charge is 0.396 e. The van der Waals surface area contributed by atoms with Crippen LogP contribution in [0.3, 0.4) is 0 Å². The molecule has 1 saturated heterocycles. The van der Waals surface area contributed by atoms with Gasteiger partial charge in [-0.15, -0.1) is 0 Å². The highest BCUT2D eigenvalue weighted by Gasteiger charge is 2.31. The minimum atomic E-state index is 0.0504. The summed E-state index contributed by atoms with van der Waals surface area (Å²) in [5, 5.41) is 9.17. The van der Waals surface area contributed by atoms with Crippen LogP contribution in [0.25, 0.3) is 5.95 Å². The van der Waals surface area contributed by atoms with Gasteiger partial charge in [0.05, 0.1) is 12.3 Å². The Bertz CT molecular complexity index is 962. The van der Waals surface area contributed by atoms with E-state index in [2.05, 4.69) is 43.6 Å².